The lowest BCUT2D eigenvalue weighted by atomic mass is 10.0. The first-order valence-electron chi connectivity index (χ1n) is 7.38. The molecule has 0 aliphatic heterocycles. The van der Waals surface area contributed by atoms with Crippen LogP contribution in [0, 0.1) is 0 Å². The monoisotopic (exact) mass is 342 g/mol. The Morgan fingerprint density at radius 2 is 1.95 bits per heavy atom. The predicted octanol–water partition coefficient (Wildman–Crippen LogP) is 3.19. The molecule has 1 aromatic rings. The van der Waals surface area contributed by atoms with E-state index in [-0.39, 0.29) is 6.10 Å². The quantitative estimate of drug-likeness (QED) is 0.723. The van der Waals surface area contributed by atoms with Crippen molar-refractivity contribution in [3.8, 4) is 0 Å². The molecule has 0 spiro atoms. The zero-order chi connectivity index (χ0) is 15.0. The largest absolute Gasteiger partial charge is 0.392 e. The molecule has 0 bridgehead atoms. The zero-order valence-corrected chi connectivity index (χ0v) is 14.4. The van der Waals surface area contributed by atoms with Gasteiger partial charge in [-0.2, -0.15) is 0 Å². The maximum Gasteiger partial charge on any atom is 0.0638 e. The van der Waals surface area contributed by atoms with Crippen LogP contribution in [0.1, 0.15) is 38.3 Å². The highest BCUT2D eigenvalue weighted by atomic mass is 79.9. The van der Waals surface area contributed by atoms with E-state index in [1.54, 1.807) is 0 Å². The number of hydrogen-bond acceptors (Lipinski definition) is 3. The molecule has 2 unspecified atom stereocenters. The van der Waals surface area contributed by atoms with E-state index >= 15 is 0 Å². The molecule has 0 heterocycles. The molecular formula is C16H27BrN2O. The van der Waals surface area contributed by atoms with Crippen LogP contribution in [0.25, 0.3) is 0 Å². The molecule has 0 amide bonds. The van der Waals surface area contributed by atoms with Crippen LogP contribution in [-0.4, -0.2) is 42.8 Å². The van der Waals surface area contributed by atoms with Gasteiger partial charge >= 0.3 is 0 Å². The van der Waals surface area contributed by atoms with Gasteiger partial charge in [-0.25, -0.2) is 0 Å². The number of benzene rings is 1. The van der Waals surface area contributed by atoms with Crippen LogP contribution < -0.4 is 5.32 Å². The lowest BCUT2D eigenvalue weighted by Gasteiger charge is -2.24. The first-order chi connectivity index (χ1) is 9.52. The summed E-state index contributed by atoms with van der Waals surface area (Å²) in [6.45, 7) is 6.74. The van der Waals surface area contributed by atoms with Crippen molar-refractivity contribution in [1.82, 2.24) is 10.2 Å². The summed E-state index contributed by atoms with van der Waals surface area (Å²) in [5, 5.41) is 13.0. The van der Waals surface area contributed by atoms with E-state index in [0.29, 0.717) is 6.04 Å². The average molecular weight is 343 g/mol. The topological polar surface area (TPSA) is 35.5 Å². The van der Waals surface area contributed by atoms with Gasteiger partial charge in [-0.15, -0.1) is 0 Å². The number of nitrogens with one attached hydrogen (secondary N) is 1. The van der Waals surface area contributed by atoms with E-state index in [9.17, 15) is 5.11 Å². The Labute approximate surface area is 131 Å². The van der Waals surface area contributed by atoms with E-state index < -0.39 is 0 Å². The average Bonchev–Trinajstić information content (AvgIpc) is 2.39. The summed E-state index contributed by atoms with van der Waals surface area (Å²) in [5.41, 5.74) is 1.33. The Morgan fingerprint density at radius 3 is 2.50 bits per heavy atom. The van der Waals surface area contributed by atoms with Crippen molar-refractivity contribution in [3.63, 3.8) is 0 Å². The van der Waals surface area contributed by atoms with Crippen LogP contribution in [-0.2, 0) is 0 Å². The Hall–Kier alpha value is -0.420. The molecule has 0 aromatic heterocycles. The second kappa shape index (κ2) is 9.50. The highest BCUT2D eigenvalue weighted by molar-refractivity contribution is 9.10. The third-order valence-electron chi connectivity index (χ3n) is 3.29. The van der Waals surface area contributed by atoms with Crippen molar-refractivity contribution in [2.75, 3.05) is 26.7 Å². The fourth-order valence-corrected chi connectivity index (χ4v) is 2.56. The molecule has 0 aliphatic rings. The molecule has 3 nitrogen and oxygen atoms in total. The van der Waals surface area contributed by atoms with Gasteiger partial charge in [0.15, 0.2) is 0 Å². The summed E-state index contributed by atoms with van der Waals surface area (Å²) in [5.74, 6) is 0. The molecule has 4 heteroatoms. The fraction of sp³-hybridized carbons (Fsp3) is 0.625. The normalized spacial score (nSPS) is 14.5. The van der Waals surface area contributed by atoms with Gasteiger partial charge in [-0.3, -0.25) is 0 Å². The molecule has 114 valence electrons. The molecule has 0 radical (unpaired) electrons. The van der Waals surface area contributed by atoms with Crippen LogP contribution in [0.3, 0.4) is 0 Å². The molecule has 20 heavy (non-hydrogen) atoms. The van der Waals surface area contributed by atoms with Crippen LogP contribution in [0.15, 0.2) is 28.7 Å². The van der Waals surface area contributed by atoms with Crippen LogP contribution in [0.2, 0.25) is 0 Å². The fourth-order valence-electron chi connectivity index (χ4n) is 2.29. The van der Waals surface area contributed by atoms with Crippen LogP contribution >= 0.6 is 15.9 Å². The van der Waals surface area contributed by atoms with Crippen molar-refractivity contribution in [2.24, 2.45) is 0 Å². The molecule has 0 saturated heterocycles. The van der Waals surface area contributed by atoms with E-state index in [1.165, 1.54) is 5.56 Å². The summed E-state index contributed by atoms with van der Waals surface area (Å²) in [6.07, 6.45) is 1.91. The number of rotatable bonds is 9. The molecule has 1 aromatic carbocycles. The third kappa shape index (κ3) is 6.84. The maximum atomic E-state index is 9.41. The second-order valence-electron chi connectivity index (χ2n) is 5.46. The van der Waals surface area contributed by atoms with Crippen LogP contribution in [0.4, 0.5) is 0 Å². The Kier molecular flexibility index (Phi) is 8.38. The van der Waals surface area contributed by atoms with Crippen molar-refractivity contribution in [2.45, 2.75) is 38.8 Å². The molecule has 0 fully saturated rings. The summed E-state index contributed by atoms with van der Waals surface area (Å²) in [6, 6.07) is 8.91. The number of aliphatic hydroxyl groups excluding tert-OH is 1. The predicted molar refractivity (Wildman–Crippen MR) is 89.0 cm³/mol. The minimum atomic E-state index is -0.269. The highest BCUT2D eigenvalue weighted by Crippen LogP contribution is 2.20. The molecule has 0 saturated carbocycles. The summed E-state index contributed by atoms with van der Waals surface area (Å²) < 4.78 is 1.11. The van der Waals surface area contributed by atoms with Crippen molar-refractivity contribution in [3.05, 3.63) is 34.3 Å². The van der Waals surface area contributed by atoms with E-state index in [0.717, 1.165) is 36.9 Å². The van der Waals surface area contributed by atoms with Crippen molar-refractivity contribution < 1.29 is 5.11 Å². The molecule has 1 rings (SSSR count). The first kappa shape index (κ1) is 17.6. The van der Waals surface area contributed by atoms with E-state index in [4.69, 9.17) is 0 Å². The van der Waals surface area contributed by atoms with Gasteiger partial charge in [0.1, 0.15) is 0 Å². The van der Waals surface area contributed by atoms with Gasteiger partial charge in [-0.1, -0.05) is 35.0 Å². The maximum absolute atomic E-state index is 9.41. The van der Waals surface area contributed by atoms with Crippen molar-refractivity contribution >= 4 is 15.9 Å². The minimum Gasteiger partial charge on any atom is -0.392 e. The summed E-state index contributed by atoms with van der Waals surface area (Å²) in [4.78, 5) is 2.18. The Balaban J connectivity index is 2.57. The van der Waals surface area contributed by atoms with Gasteiger partial charge in [0.2, 0.25) is 0 Å². The third-order valence-corrected chi connectivity index (χ3v) is 3.82. The molecule has 0 aliphatic carbocycles. The minimum absolute atomic E-state index is 0.269. The SMILES string of the molecule is CCCNC(CCN(C)CC(C)O)c1ccc(Br)cc1. The second-order valence-corrected chi connectivity index (χ2v) is 6.37. The lowest BCUT2D eigenvalue weighted by Crippen LogP contribution is -2.31. The first-order valence-corrected chi connectivity index (χ1v) is 8.17. The standard InChI is InChI=1S/C16H27BrN2O/c1-4-10-18-16(9-11-19(3)12-13(2)20)14-5-7-15(17)8-6-14/h5-8,13,16,18,20H,4,9-12H2,1-3H3. The molecule has 2 N–H and O–H groups in total. The van der Waals surface area contributed by atoms with Gasteiger partial charge in [0.05, 0.1) is 6.10 Å². The number of halogens is 1. The zero-order valence-electron chi connectivity index (χ0n) is 12.8. The Morgan fingerprint density at radius 1 is 1.30 bits per heavy atom. The molecule has 2 atom stereocenters. The van der Waals surface area contributed by atoms with E-state index in [2.05, 4.69) is 64.4 Å². The van der Waals surface area contributed by atoms with Gasteiger partial charge in [0, 0.05) is 17.1 Å². The highest BCUT2D eigenvalue weighted by Gasteiger charge is 2.12. The lowest BCUT2D eigenvalue weighted by molar-refractivity contribution is 0.139. The number of likely N-dealkylation sites (N-methyl/N-ethyl adjacent to an activating group) is 1. The smallest absolute Gasteiger partial charge is 0.0638 e. The summed E-state index contributed by atoms with van der Waals surface area (Å²) >= 11 is 3.48. The Bertz CT molecular complexity index is 367. The van der Waals surface area contributed by atoms with Crippen molar-refractivity contribution in [1.29, 1.82) is 0 Å². The molecular weight excluding hydrogens is 316 g/mol. The number of aliphatic hydroxyl groups is 1. The van der Waals surface area contributed by atoms with Gasteiger partial charge in [-0.05, 0) is 57.6 Å². The van der Waals surface area contributed by atoms with Gasteiger partial charge < -0.3 is 15.3 Å². The summed E-state index contributed by atoms with van der Waals surface area (Å²) in [7, 11) is 2.06. The number of nitrogens with zero attached hydrogens (tertiary/aromatic N) is 1. The van der Waals surface area contributed by atoms with Crippen LogP contribution in [0.5, 0.6) is 0 Å². The van der Waals surface area contributed by atoms with Gasteiger partial charge in [0.25, 0.3) is 0 Å². The number of hydrogen-bond donors (Lipinski definition) is 2. The van der Waals surface area contributed by atoms with E-state index in [1.807, 2.05) is 6.92 Å².